The maximum absolute atomic E-state index is 12.2. The quantitative estimate of drug-likeness (QED) is 0.692. The maximum Gasteiger partial charge on any atom is 0.241 e. The maximum atomic E-state index is 12.2. The number of nitrogens with zero attached hydrogens (tertiary/aromatic N) is 3. The molecule has 2 aromatic rings. The lowest BCUT2D eigenvalue weighted by molar-refractivity contribution is -0.138. The summed E-state index contributed by atoms with van der Waals surface area (Å²) >= 11 is 6.01. The number of rotatable bonds is 7. The second-order valence-electron chi connectivity index (χ2n) is 7.53. The normalized spacial score (nSPS) is 17.8. The molecular weight excluding hydrogens is 378 g/mol. The van der Waals surface area contributed by atoms with Crippen LogP contribution in [-0.4, -0.2) is 71.4 Å². The molecule has 152 valence electrons. The van der Waals surface area contributed by atoms with E-state index in [0.29, 0.717) is 24.0 Å². The van der Waals surface area contributed by atoms with E-state index in [2.05, 4.69) is 15.3 Å². The first-order chi connectivity index (χ1) is 13.4. The number of hydrogen-bond donors (Lipinski definition) is 2. The van der Waals surface area contributed by atoms with Crippen LogP contribution in [0, 0.1) is 0 Å². The highest BCUT2D eigenvalue weighted by atomic mass is 35.5. The number of aromatic amines is 1. The number of amides is 2. The van der Waals surface area contributed by atoms with Gasteiger partial charge < -0.3 is 20.1 Å². The van der Waals surface area contributed by atoms with Gasteiger partial charge in [0.05, 0.1) is 17.6 Å². The van der Waals surface area contributed by atoms with E-state index < -0.39 is 0 Å². The minimum atomic E-state index is -0.0353. The summed E-state index contributed by atoms with van der Waals surface area (Å²) in [5, 5.41) is 4.26. The topological polar surface area (TPSA) is 81.3 Å². The smallest absolute Gasteiger partial charge is 0.241 e. The molecule has 0 saturated carbocycles. The number of imidazole rings is 1. The summed E-state index contributed by atoms with van der Waals surface area (Å²) in [5.74, 6) is 0.996. The fourth-order valence-electron chi connectivity index (χ4n) is 3.43. The van der Waals surface area contributed by atoms with Crippen LogP contribution in [0.1, 0.15) is 31.5 Å². The molecule has 28 heavy (non-hydrogen) atoms. The number of carbonyl (C=O) groups is 2. The van der Waals surface area contributed by atoms with Crippen LogP contribution in [0.2, 0.25) is 5.02 Å². The van der Waals surface area contributed by atoms with E-state index in [9.17, 15) is 9.59 Å². The molecule has 0 bridgehead atoms. The summed E-state index contributed by atoms with van der Waals surface area (Å²) in [6.07, 6.45) is 3.99. The predicted octanol–water partition coefficient (Wildman–Crippen LogP) is 2.21. The van der Waals surface area contributed by atoms with Crippen LogP contribution in [0.15, 0.2) is 18.2 Å². The van der Waals surface area contributed by atoms with Crippen LogP contribution < -0.4 is 5.32 Å². The first-order valence-electron chi connectivity index (χ1n) is 9.78. The number of likely N-dealkylation sites (N-methyl/N-ethyl adjacent to an activating group) is 1. The summed E-state index contributed by atoms with van der Waals surface area (Å²) in [5.41, 5.74) is 1.90. The van der Waals surface area contributed by atoms with Gasteiger partial charge in [-0.15, -0.1) is 0 Å². The summed E-state index contributed by atoms with van der Waals surface area (Å²) in [6, 6.07) is 5.96. The zero-order valence-corrected chi connectivity index (χ0v) is 17.3. The van der Waals surface area contributed by atoms with Gasteiger partial charge in [0.2, 0.25) is 11.8 Å². The Bertz CT molecular complexity index is 835. The number of benzene rings is 1. The number of halogens is 1. The van der Waals surface area contributed by atoms with Crippen molar-refractivity contribution in [3.05, 3.63) is 29.0 Å². The van der Waals surface area contributed by atoms with Crippen molar-refractivity contribution in [2.75, 3.05) is 33.7 Å². The molecule has 1 aromatic carbocycles. The van der Waals surface area contributed by atoms with Crippen molar-refractivity contribution in [2.45, 2.75) is 38.1 Å². The third kappa shape index (κ3) is 5.45. The molecule has 0 aliphatic carbocycles. The Kier molecular flexibility index (Phi) is 6.91. The lowest BCUT2D eigenvalue weighted by atomic mass is 10.1. The third-order valence-electron chi connectivity index (χ3n) is 5.15. The molecule has 0 spiro atoms. The van der Waals surface area contributed by atoms with Gasteiger partial charge in [-0.1, -0.05) is 11.6 Å². The number of nitrogens with one attached hydrogen (secondary N) is 2. The summed E-state index contributed by atoms with van der Waals surface area (Å²) < 4.78 is 0. The summed E-state index contributed by atoms with van der Waals surface area (Å²) in [6.45, 7) is 1.67. The standard InChI is InChI=1S/C20H28ClN5O2/c1-25(2)20(28)13-26-11-9-15(6-8-19(26)27)22-10-3-4-18-23-16-7-5-14(21)12-17(16)24-18/h5,7,12,15,22H,3-4,6,8-11,13H2,1-2H3,(H,23,24). The van der Waals surface area contributed by atoms with E-state index in [4.69, 9.17) is 11.6 Å². The summed E-state index contributed by atoms with van der Waals surface area (Å²) in [7, 11) is 3.43. The molecule has 3 rings (SSSR count). The fourth-order valence-corrected chi connectivity index (χ4v) is 3.60. The van der Waals surface area contributed by atoms with Gasteiger partial charge in [0.25, 0.3) is 0 Å². The van der Waals surface area contributed by atoms with Gasteiger partial charge in [0.1, 0.15) is 5.82 Å². The first kappa shape index (κ1) is 20.6. The van der Waals surface area contributed by atoms with Crippen molar-refractivity contribution in [1.82, 2.24) is 25.1 Å². The van der Waals surface area contributed by atoms with Crippen LogP contribution in [0.5, 0.6) is 0 Å². The zero-order chi connectivity index (χ0) is 20.1. The number of aromatic nitrogens is 2. The Morgan fingerprint density at radius 2 is 2.21 bits per heavy atom. The second-order valence-corrected chi connectivity index (χ2v) is 7.97. The van der Waals surface area contributed by atoms with E-state index in [-0.39, 0.29) is 18.4 Å². The van der Waals surface area contributed by atoms with Crippen LogP contribution in [0.3, 0.4) is 0 Å². The Morgan fingerprint density at radius 3 is 3.00 bits per heavy atom. The van der Waals surface area contributed by atoms with Crippen molar-refractivity contribution in [3.63, 3.8) is 0 Å². The van der Waals surface area contributed by atoms with Crippen molar-refractivity contribution in [1.29, 1.82) is 0 Å². The molecule has 1 aliphatic heterocycles. The van der Waals surface area contributed by atoms with E-state index >= 15 is 0 Å². The molecule has 7 nitrogen and oxygen atoms in total. The third-order valence-corrected chi connectivity index (χ3v) is 5.38. The van der Waals surface area contributed by atoms with Gasteiger partial charge in [0, 0.05) is 44.5 Å². The highest BCUT2D eigenvalue weighted by Gasteiger charge is 2.24. The highest BCUT2D eigenvalue weighted by molar-refractivity contribution is 6.31. The average molecular weight is 406 g/mol. The molecule has 2 N–H and O–H groups in total. The Hall–Kier alpha value is -2.12. The molecule has 1 unspecified atom stereocenters. The minimum Gasteiger partial charge on any atom is -0.347 e. The number of likely N-dealkylation sites (tertiary alicyclic amines) is 1. The number of aryl methyl sites for hydroxylation is 1. The molecule has 0 radical (unpaired) electrons. The number of H-pyrrole nitrogens is 1. The highest BCUT2D eigenvalue weighted by Crippen LogP contribution is 2.18. The predicted molar refractivity (Wildman–Crippen MR) is 110 cm³/mol. The lowest BCUT2D eigenvalue weighted by Gasteiger charge is -2.22. The van der Waals surface area contributed by atoms with Gasteiger partial charge in [-0.25, -0.2) is 4.98 Å². The number of fused-ring (bicyclic) bond motifs is 1. The van der Waals surface area contributed by atoms with Gasteiger partial charge >= 0.3 is 0 Å². The molecule has 1 fully saturated rings. The lowest BCUT2D eigenvalue weighted by Crippen LogP contribution is -2.40. The Labute approximate surface area is 170 Å². The molecule has 1 aromatic heterocycles. The molecule has 2 amide bonds. The van der Waals surface area contributed by atoms with Crippen molar-refractivity contribution < 1.29 is 9.59 Å². The monoisotopic (exact) mass is 405 g/mol. The molecule has 8 heteroatoms. The first-order valence-corrected chi connectivity index (χ1v) is 10.2. The minimum absolute atomic E-state index is 0.0353. The van der Waals surface area contributed by atoms with Gasteiger partial charge in [-0.3, -0.25) is 9.59 Å². The van der Waals surface area contributed by atoms with Crippen LogP contribution in [-0.2, 0) is 16.0 Å². The van der Waals surface area contributed by atoms with Crippen LogP contribution in [0.25, 0.3) is 11.0 Å². The van der Waals surface area contributed by atoms with E-state index in [0.717, 1.165) is 49.1 Å². The Balaban J connectivity index is 1.42. The Morgan fingerprint density at radius 1 is 1.39 bits per heavy atom. The largest absolute Gasteiger partial charge is 0.347 e. The molecular formula is C20H28ClN5O2. The van der Waals surface area contributed by atoms with Crippen molar-refractivity contribution in [3.8, 4) is 0 Å². The number of hydrogen-bond acceptors (Lipinski definition) is 4. The van der Waals surface area contributed by atoms with Crippen LogP contribution >= 0.6 is 11.6 Å². The van der Waals surface area contributed by atoms with E-state index in [1.54, 1.807) is 19.0 Å². The number of carbonyl (C=O) groups excluding carboxylic acids is 2. The molecule has 1 atom stereocenters. The molecule has 1 saturated heterocycles. The van der Waals surface area contributed by atoms with Crippen molar-refractivity contribution >= 4 is 34.4 Å². The molecule has 1 aliphatic rings. The molecule has 2 heterocycles. The SMILES string of the molecule is CN(C)C(=O)CN1CCC(NCCCc2nc3ccc(Cl)cc3[nH]2)CCC1=O. The van der Waals surface area contributed by atoms with Gasteiger partial charge in [0.15, 0.2) is 0 Å². The fraction of sp³-hybridized carbons (Fsp3) is 0.550. The van der Waals surface area contributed by atoms with E-state index in [1.165, 1.54) is 4.90 Å². The van der Waals surface area contributed by atoms with Crippen LogP contribution in [0.4, 0.5) is 0 Å². The summed E-state index contributed by atoms with van der Waals surface area (Å²) in [4.78, 5) is 35.2. The van der Waals surface area contributed by atoms with Gasteiger partial charge in [-0.2, -0.15) is 0 Å². The zero-order valence-electron chi connectivity index (χ0n) is 16.5. The van der Waals surface area contributed by atoms with Gasteiger partial charge in [-0.05, 0) is 44.0 Å². The van der Waals surface area contributed by atoms with E-state index in [1.807, 2.05) is 18.2 Å². The second kappa shape index (κ2) is 9.39. The average Bonchev–Trinajstić information content (AvgIpc) is 2.98. The van der Waals surface area contributed by atoms with Crippen molar-refractivity contribution in [2.24, 2.45) is 0 Å².